The zero-order valence-corrected chi connectivity index (χ0v) is 17.1. The number of methoxy groups -OCH3 is 1. The molecule has 0 spiro atoms. The van der Waals surface area contributed by atoms with Gasteiger partial charge in [0.1, 0.15) is 5.75 Å². The Morgan fingerprint density at radius 3 is 2.28 bits per heavy atom. The lowest BCUT2D eigenvalue weighted by Crippen LogP contribution is -2.11. The van der Waals surface area contributed by atoms with Gasteiger partial charge >= 0.3 is 0 Å². The molecule has 0 aliphatic heterocycles. The number of thiazole rings is 1. The van der Waals surface area contributed by atoms with E-state index in [4.69, 9.17) is 21.3 Å². The number of aromatic nitrogens is 1. The highest BCUT2D eigenvalue weighted by Crippen LogP contribution is 2.39. The van der Waals surface area contributed by atoms with Crippen LogP contribution in [-0.4, -0.2) is 18.0 Å². The molecule has 1 amide bonds. The van der Waals surface area contributed by atoms with Crippen LogP contribution in [0.1, 0.15) is 10.4 Å². The van der Waals surface area contributed by atoms with E-state index in [0.29, 0.717) is 15.7 Å². The molecule has 4 nitrogen and oxygen atoms in total. The minimum absolute atomic E-state index is 0.226. The van der Waals surface area contributed by atoms with Gasteiger partial charge in [0.25, 0.3) is 5.91 Å². The first-order chi connectivity index (χ1) is 14.1. The molecule has 144 valence electrons. The van der Waals surface area contributed by atoms with Crippen LogP contribution < -0.4 is 10.1 Å². The van der Waals surface area contributed by atoms with E-state index in [1.165, 1.54) is 11.3 Å². The van der Waals surface area contributed by atoms with Gasteiger partial charge in [0.2, 0.25) is 0 Å². The van der Waals surface area contributed by atoms with E-state index in [1.54, 1.807) is 31.4 Å². The number of anilines is 1. The molecular weight excluding hydrogens is 404 g/mol. The highest BCUT2D eigenvalue weighted by Gasteiger charge is 2.17. The average Bonchev–Trinajstić information content (AvgIpc) is 3.18. The van der Waals surface area contributed by atoms with Crippen molar-refractivity contribution in [1.82, 2.24) is 4.98 Å². The lowest BCUT2D eigenvalue weighted by molar-refractivity contribution is 0.102. The monoisotopic (exact) mass is 420 g/mol. The van der Waals surface area contributed by atoms with Crippen LogP contribution >= 0.6 is 22.9 Å². The second-order valence-electron chi connectivity index (χ2n) is 6.25. The van der Waals surface area contributed by atoms with Crippen LogP contribution in [-0.2, 0) is 0 Å². The van der Waals surface area contributed by atoms with E-state index >= 15 is 0 Å². The maximum absolute atomic E-state index is 12.6. The van der Waals surface area contributed by atoms with Crippen LogP contribution in [0.2, 0.25) is 5.02 Å². The molecule has 1 heterocycles. The summed E-state index contributed by atoms with van der Waals surface area (Å²) >= 11 is 7.34. The van der Waals surface area contributed by atoms with Gasteiger partial charge in [-0.05, 0) is 54.1 Å². The van der Waals surface area contributed by atoms with Crippen LogP contribution in [0.3, 0.4) is 0 Å². The molecule has 4 rings (SSSR count). The van der Waals surface area contributed by atoms with Crippen molar-refractivity contribution in [3.63, 3.8) is 0 Å². The molecule has 0 aliphatic carbocycles. The van der Waals surface area contributed by atoms with Crippen molar-refractivity contribution in [3.8, 4) is 27.4 Å². The number of ether oxygens (including phenoxy) is 1. The van der Waals surface area contributed by atoms with E-state index in [-0.39, 0.29) is 5.91 Å². The normalized spacial score (nSPS) is 10.6. The van der Waals surface area contributed by atoms with Crippen LogP contribution in [0.5, 0.6) is 5.75 Å². The minimum Gasteiger partial charge on any atom is -0.497 e. The third kappa shape index (κ3) is 4.31. The Morgan fingerprint density at radius 1 is 0.931 bits per heavy atom. The summed E-state index contributed by atoms with van der Waals surface area (Å²) < 4.78 is 5.26. The average molecular weight is 421 g/mol. The Labute approximate surface area is 177 Å². The summed E-state index contributed by atoms with van der Waals surface area (Å²) in [5.41, 5.74) is 3.35. The lowest BCUT2D eigenvalue weighted by atomic mass is 10.1. The zero-order chi connectivity index (χ0) is 20.2. The van der Waals surface area contributed by atoms with Crippen LogP contribution in [0.15, 0.2) is 78.9 Å². The molecule has 1 N–H and O–H groups in total. The fraction of sp³-hybridized carbons (Fsp3) is 0.0435. The molecule has 3 aromatic carbocycles. The molecule has 0 aliphatic rings. The van der Waals surface area contributed by atoms with Crippen molar-refractivity contribution in [2.24, 2.45) is 0 Å². The Balaban J connectivity index is 1.71. The minimum atomic E-state index is -0.226. The van der Waals surface area contributed by atoms with Gasteiger partial charge in [-0.1, -0.05) is 53.3 Å². The number of rotatable bonds is 5. The SMILES string of the molecule is COc1ccc(-c2sc(NC(=O)c3ccc(Cl)cc3)nc2-c2ccccc2)cc1. The van der Waals surface area contributed by atoms with Crippen LogP contribution in [0.4, 0.5) is 5.13 Å². The van der Waals surface area contributed by atoms with E-state index < -0.39 is 0 Å². The second kappa shape index (κ2) is 8.47. The first-order valence-corrected chi connectivity index (χ1v) is 10.1. The molecule has 0 saturated carbocycles. The van der Waals surface area contributed by atoms with E-state index in [2.05, 4.69) is 5.32 Å². The summed E-state index contributed by atoms with van der Waals surface area (Å²) in [7, 11) is 1.64. The summed E-state index contributed by atoms with van der Waals surface area (Å²) in [5.74, 6) is 0.562. The fourth-order valence-electron chi connectivity index (χ4n) is 2.87. The number of nitrogens with zero attached hydrogens (tertiary/aromatic N) is 1. The van der Waals surface area contributed by atoms with Crippen molar-refractivity contribution in [2.45, 2.75) is 0 Å². The summed E-state index contributed by atoms with van der Waals surface area (Å²) in [6.45, 7) is 0. The number of halogens is 1. The number of hydrogen-bond donors (Lipinski definition) is 1. The summed E-state index contributed by atoms with van der Waals surface area (Å²) in [6.07, 6.45) is 0. The van der Waals surface area contributed by atoms with Crippen LogP contribution in [0.25, 0.3) is 21.7 Å². The molecule has 0 radical (unpaired) electrons. The number of benzene rings is 3. The van der Waals surface area contributed by atoms with Crippen molar-refractivity contribution < 1.29 is 9.53 Å². The van der Waals surface area contributed by atoms with Crippen LogP contribution in [0, 0.1) is 0 Å². The van der Waals surface area contributed by atoms with Gasteiger partial charge < -0.3 is 4.74 Å². The maximum Gasteiger partial charge on any atom is 0.257 e. The van der Waals surface area contributed by atoms with Gasteiger partial charge in [0.05, 0.1) is 17.7 Å². The Hall–Kier alpha value is -3.15. The van der Waals surface area contributed by atoms with Crippen molar-refractivity contribution in [2.75, 3.05) is 12.4 Å². The Bertz CT molecular complexity index is 1120. The quantitative estimate of drug-likeness (QED) is 0.407. The summed E-state index contributed by atoms with van der Waals surface area (Å²) in [4.78, 5) is 18.3. The topological polar surface area (TPSA) is 51.2 Å². The van der Waals surface area contributed by atoms with E-state index in [0.717, 1.165) is 27.4 Å². The van der Waals surface area contributed by atoms with Gasteiger partial charge in [-0.25, -0.2) is 4.98 Å². The fourth-order valence-corrected chi connectivity index (χ4v) is 3.99. The lowest BCUT2D eigenvalue weighted by Gasteiger charge is -2.04. The van der Waals surface area contributed by atoms with Crippen molar-refractivity contribution >= 4 is 34.0 Å². The van der Waals surface area contributed by atoms with Gasteiger partial charge in [0, 0.05) is 16.1 Å². The molecule has 0 fully saturated rings. The van der Waals surface area contributed by atoms with Crippen molar-refractivity contribution in [1.29, 1.82) is 0 Å². The largest absolute Gasteiger partial charge is 0.497 e. The predicted molar refractivity (Wildman–Crippen MR) is 119 cm³/mol. The van der Waals surface area contributed by atoms with E-state index in [9.17, 15) is 4.79 Å². The molecule has 0 saturated heterocycles. The molecule has 0 bridgehead atoms. The zero-order valence-electron chi connectivity index (χ0n) is 15.6. The highest BCUT2D eigenvalue weighted by molar-refractivity contribution is 7.19. The first kappa shape index (κ1) is 19.2. The molecule has 6 heteroatoms. The smallest absolute Gasteiger partial charge is 0.257 e. The molecule has 0 unspecified atom stereocenters. The number of carbonyl (C=O) groups excluding carboxylic acids is 1. The predicted octanol–water partition coefficient (Wildman–Crippen LogP) is 6.39. The molecule has 0 atom stereocenters. The van der Waals surface area contributed by atoms with Gasteiger partial charge in [-0.3, -0.25) is 10.1 Å². The summed E-state index contributed by atoms with van der Waals surface area (Å²) in [5, 5.41) is 4.02. The molecule has 4 aromatic rings. The second-order valence-corrected chi connectivity index (χ2v) is 7.69. The third-order valence-corrected chi connectivity index (χ3v) is 5.63. The first-order valence-electron chi connectivity index (χ1n) is 8.91. The van der Waals surface area contributed by atoms with Gasteiger partial charge in [0.15, 0.2) is 5.13 Å². The van der Waals surface area contributed by atoms with E-state index in [1.807, 2.05) is 54.6 Å². The standard InChI is InChI=1S/C23H17ClN2O2S/c1-28-19-13-9-16(10-14-19)21-20(15-5-3-2-4-6-15)25-23(29-21)26-22(27)17-7-11-18(24)12-8-17/h2-14H,1H3,(H,25,26,27). The van der Waals surface area contributed by atoms with Crippen molar-refractivity contribution in [3.05, 3.63) is 89.4 Å². The van der Waals surface area contributed by atoms with Gasteiger partial charge in [-0.15, -0.1) is 0 Å². The summed E-state index contributed by atoms with van der Waals surface area (Å²) in [6, 6.07) is 24.5. The number of hydrogen-bond acceptors (Lipinski definition) is 4. The number of nitrogens with one attached hydrogen (secondary N) is 1. The highest BCUT2D eigenvalue weighted by atomic mass is 35.5. The molecular formula is C23H17ClN2O2S. The number of carbonyl (C=O) groups is 1. The molecule has 29 heavy (non-hydrogen) atoms. The maximum atomic E-state index is 12.6. The third-order valence-electron chi connectivity index (χ3n) is 4.35. The Kier molecular flexibility index (Phi) is 5.60. The Morgan fingerprint density at radius 2 is 1.62 bits per heavy atom. The van der Waals surface area contributed by atoms with Gasteiger partial charge in [-0.2, -0.15) is 0 Å². The molecule has 1 aromatic heterocycles. The number of amides is 1.